The predicted octanol–water partition coefficient (Wildman–Crippen LogP) is 4.73. The molecule has 2 amide bonds. The van der Waals surface area contributed by atoms with Gasteiger partial charge in [-0.25, -0.2) is 0 Å². The number of fused-ring (bicyclic) bond motifs is 1. The van der Waals surface area contributed by atoms with E-state index in [2.05, 4.69) is 21.8 Å². The lowest BCUT2D eigenvalue weighted by Gasteiger charge is -2.33. The number of allylic oxidation sites excluding steroid dienone is 1. The Balaban J connectivity index is 1.07. The topological polar surface area (TPSA) is 78.7 Å². The van der Waals surface area contributed by atoms with Gasteiger partial charge in [0.25, 0.3) is 11.8 Å². The third-order valence-electron chi connectivity index (χ3n) is 8.39. The Kier molecular flexibility index (Phi) is 7.60. The van der Waals surface area contributed by atoms with E-state index in [0.717, 1.165) is 68.5 Å². The summed E-state index contributed by atoms with van der Waals surface area (Å²) in [6.07, 6.45) is 16.1. The first kappa shape index (κ1) is 25.5. The monoisotopic (exact) mass is 502 g/mol. The van der Waals surface area contributed by atoms with Gasteiger partial charge >= 0.3 is 0 Å². The molecule has 7 heteroatoms. The molecule has 1 unspecified atom stereocenters. The number of piperidine rings is 2. The number of nitrogens with one attached hydrogen (secondary N) is 1. The summed E-state index contributed by atoms with van der Waals surface area (Å²) in [7, 11) is 0. The molecule has 37 heavy (non-hydrogen) atoms. The highest BCUT2D eigenvalue weighted by Gasteiger charge is 2.54. The molecule has 0 bridgehead atoms. The van der Waals surface area contributed by atoms with E-state index < -0.39 is 0 Å². The van der Waals surface area contributed by atoms with E-state index in [4.69, 9.17) is 4.42 Å². The summed E-state index contributed by atoms with van der Waals surface area (Å²) in [5, 5.41) is 3.92. The van der Waals surface area contributed by atoms with Crippen LogP contribution in [-0.4, -0.2) is 65.9 Å². The van der Waals surface area contributed by atoms with Gasteiger partial charge in [0.15, 0.2) is 11.3 Å². The zero-order chi connectivity index (χ0) is 25.8. The van der Waals surface area contributed by atoms with Crippen molar-refractivity contribution in [3.63, 3.8) is 0 Å². The minimum absolute atomic E-state index is 0.101. The SMILES string of the molecule is C=C(C=CC(=CC)C(=O)N1CCC2(CC1)CC2CNC(=O)c1cc2ccncc2o1)CN1CCCCC1. The Morgan fingerprint density at radius 2 is 1.97 bits per heavy atom. The molecule has 0 aromatic carbocycles. The number of amides is 2. The lowest BCUT2D eigenvalue weighted by atomic mass is 9.90. The maximum Gasteiger partial charge on any atom is 0.287 e. The van der Waals surface area contributed by atoms with Crippen molar-refractivity contribution < 1.29 is 14.0 Å². The Morgan fingerprint density at radius 1 is 1.19 bits per heavy atom. The van der Waals surface area contributed by atoms with Gasteiger partial charge < -0.3 is 14.6 Å². The fourth-order valence-electron chi connectivity index (χ4n) is 5.93. The number of likely N-dealkylation sites (tertiary alicyclic amines) is 2. The largest absolute Gasteiger partial charge is 0.449 e. The summed E-state index contributed by atoms with van der Waals surface area (Å²) in [5.74, 6) is 0.698. The summed E-state index contributed by atoms with van der Waals surface area (Å²) in [6, 6.07) is 3.59. The smallest absolute Gasteiger partial charge is 0.287 e. The maximum absolute atomic E-state index is 13.2. The van der Waals surface area contributed by atoms with Crippen LogP contribution in [0, 0.1) is 11.3 Å². The third-order valence-corrected chi connectivity index (χ3v) is 8.39. The van der Waals surface area contributed by atoms with E-state index in [1.807, 2.05) is 36.1 Å². The first-order valence-corrected chi connectivity index (χ1v) is 13.6. The van der Waals surface area contributed by atoms with E-state index in [1.54, 1.807) is 18.5 Å². The third kappa shape index (κ3) is 5.87. The lowest BCUT2D eigenvalue weighted by Crippen LogP contribution is -2.40. The molecule has 7 nitrogen and oxygen atoms in total. The molecule has 0 radical (unpaired) electrons. The molecule has 196 valence electrons. The van der Waals surface area contributed by atoms with Crippen molar-refractivity contribution in [3.8, 4) is 0 Å². The highest BCUT2D eigenvalue weighted by molar-refractivity contribution is 5.96. The van der Waals surface area contributed by atoms with Crippen LogP contribution in [0.15, 0.2) is 64.9 Å². The molecule has 2 saturated heterocycles. The zero-order valence-corrected chi connectivity index (χ0v) is 21.9. The quantitative estimate of drug-likeness (QED) is 0.417. The summed E-state index contributed by atoms with van der Waals surface area (Å²) < 4.78 is 5.63. The van der Waals surface area contributed by atoms with Crippen LogP contribution in [0.2, 0.25) is 0 Å². The fourth-order valence-corrected chi connectivity index (χ4v) is 5.93. The van der Waals surface area contributed by atoms with Crippen LogP contribution >= 0.6 is 0 Å². The summed E-state index contributed by atoms with van der Waals surface area (Å²) in [5.41, 5.74) is 2.65. The van der Waals surface area contributed by atoms with Crippen LogP contribution in [0.1, 0.15) is 56.0 Å². The normalized spacial score (nSPS) is 22.0. The minimum atomic E-state index is -0.183. The van der Waals surface area contributed by atoms with Crippen LogP contribution in [0.3, 0.4) is 0 Å². The average Bonchev–Trinajstić information content (AvgIpc) is 3.39. The molecule has 3 aliphatic rings. The van der Waals surface area contributed by atoms with Crippen LogP contribution in [0.5, 0.6) is 0 Å². The molecule has 5 rings (SSSR count). The number of aromatic nitrogens is 1. The molecule has 4 heterocycles. The van der Waals surface area contributed by atoms with Crippen LogP contribution < -0.4 is 5.32 Å². The molecule has 1 spiro atoms. The van der Waals surface area contributed by atoms with Gasteiger partial charge in [0.05, 0.1) is 6.20 Å². The fraction of sp³-hybridized carbons (Fsp3) is 0.500. The van der Waals surface area contributed by atoms with Crippen LogP contribution in [-0.2, 0) is 4.79 Å². The van der Waals surface area contributed by atoms with Gasteiger partial charge in [0.2, 0.25) is 0 Å². The number of carbonyl (C=O) groups excluding carboxylic acids is 2. The molecule has 1 saturated carbocycles. The van der Waals surface area contributed by atoms with Crippen molar-refractivity contribution in [2.24, 2.45) is 11.3 Å². The molecule has 2 aliphatic heterocycles. The predicted molar refractivity (Wildman–Crippen MR) is 145 cm³/mol. The minimum Gasteiger partial charge on any atom is -0.449 e. The van der Waals surface area contributed by atoms with Gasteiger partial charge in [0, 0.05) is 43.3 Å². The number of hydrogen-bond donors (Lipinski definition) is 1. The van der Waals surface area contributed by atoms with E-state index >= 15 is 0 Å². The highest BCUT2D eigenvalue weighted by Crippen LogP contribution is 2.59. The first-order chi connectivity index (χ1) is 18.0. The number of carbonyl (C=O) groups is 2. The lowest BCUT2D eigenvalue weighted by molar-refractivity contribution is -0.128. The van der Waals surface area contributed by atoms with Gasteiger partial charge in [-0.1, -0.05) is 25.2 Å². The van der Waals surface area contributed by atoms with Crippen LogP contribution in [0.25, 0.3) is 11.0 Å². The number of nitrogens with zero attached hydrogens (tertiary/aromatic N) is 3. The van der Waals surface area contributed by atoms with Crippen molar-refractivity contribution in [1.82, 2.24) is 20.1 Å². The Morgan fingerprint density at radius 3 is 2.70 bits per heavy atom. The molecule has 3 fully saturated rings. The van der Waals surface area contributed by atoms with Crippen molar-refractivity contribution in [3.05, 3.63) is 66.2 Å². The summed E-state index contributed by atoms with van der Waals surface area (Å²) in [6.45, 7) is 11.5. The molecule has 2 aromatic heterocycles. The number of hydrogen-bond acceptors (Lipinski definition) is 5. The van der Waals surface area contributed by atoms with Crippen LogP contribution in [0.4, 0.5) is 0 Å². The maximum atomic E-state index is 13.2. The number of pyridine rings is 1. The van der Waals surface area contributed by atoms with E-state index in [9.17, 15) is 9.59 Å². The molecular weight excluding hydrogens is 464 g/mol. The van der Waals surface area contributed by atoms with Crippen molar-refractivity contribution in [1.29, 1.82) is 0 Å². The van der Waals surface area contributed by atoms with Crippen molar-refractivity contribution in [2.75, 3.05) is 39.3 Å². The van der Waals surface area contributed by atoms with E-state index in [0.29, 0.717) is 23.8 Å². The van der Waals surface area contributed by atoms with Gasteiger partial charge in [-0.3, -0.25) is 19.5 Å². The molecule has 1 N–H and O–H groups in total. The van der Waals surface area contributed by atoms with Gasteiger partial charge in [-0.2, -0.15) is 0 Å². The Hall–Kier alpha value is -3.19. The second kappa shape index (κ2) is 11.1. The second-order valence-corrected chi connectivity index (χ2v) is 10.9. The summed E-state index contributed by atoms with van der Waals surface area (Å²) in [4.78, 5) is 34.2. The van der Waals surface area contributed by atoms with Gasteiger partial charge in [-0.05, 0) is 87.2 Å². The van der Waals surface area contributed by atoms with Gasteiger partial charge in [-0.15, -0.1) is 0 Å². The Labute approximate surface area is 219 Å². The molecule has 1 atom stereocenters. The zero-order valence-electron chi connectivity index (χ0n) is 21.9. The number of furan rings is 1. The molecule has 1 aliphatic carbocycles. The second-order valence-electron chi connectivity index (χ2n) is 10.9. The Bertz CT molecular complexity index is 1180. The molecule has 2 aromatic rings. The van der Waals surface area contributed by atoms with E-state index in [1.165, 1.54) is 19.3 Å². The van der Waals surface area contributed by atoms with Crippen molar-refractivity contribution >= 4 is 22.8 Å². The summed E-state index contributed by atoms with van der Waals surface area (Å²) >= 11 is 0. The van der Waals surface area contributed by atoms with E-state index in [-0.39, 0.29) is 17.2 Å². The van der Waals surface area contributed by atoms with Crippen molar-refractivity contribution in [2.45, 2.75) is 45.4 Å². The van der Waals surface area contributed by atoms with Gasteiger partial charge in [0.1, 0.15) is 0 Å². The molecular formula is C30H38N4O3. The highest BCUT2D eigenvalue weighted by atomic mass is 16.3. The average molecular weight is 503 g/mol. The standard InChI is InChI=1S/C30H38N4O3/c1-3-23(8-7-22(2)21-33-13-5-4-6-14-33)29(36)34-15-10-30(11-16-34)18-25(30)19-32-28(35)26-17-24-9-12-31-20-27(24)37-26/h3,7-9,12,17,20,25H,2,4-6,10-11,13-16,18-19,21H2,1H3,(H,32,35). The first-order valence-electron chi connectivity index (χ1n) is 13.6. The number of rotatable bonds is 8.